The van der Waals surface area contributed by atoms with Crippen LogP contribution in [0.3, 0.4) is 0 Å². The maximum atomic E-state index is 10.3. The third-order valence-electron chi connectivity index (χ3n) is 5.60. The average molecular weight is 478 g/mol. The molecular formula is C20H30O13. The van der Waals surface area contributed by atoms with E-state index < -0.39 is 74.6 Å². The Morgan fingerprint density at radius 2 is 1.36 bits per heavy atom. The summed E-state index contributed by atoms with van der Waals surface area (Å²) in [7, 11) is 1.37. The summed E-state index contributed by atoms with van der Waals surface area (Å²) < 4.78 is 27.0. The van der Waals surface area contributed by atoms with Crippen molar-refractivity contribution in [3.8, 4) is 11.5 Å². The minimum atomic E-state index is -1.69. The maximum absolute atomic E-state index is 10.3. The molecule has 10 unspecified atom stereocenters. The molecule has 1 aromatic rings. The second kappa shape index (κ2) is 11.2. The molecule has 0 saturated carbocycles. The molecule has 2 saturated heterocycles. The number of methoxy groups -OCH3 is 1. The minimum Gasteiger partial charge on any atom is -0.493 e. The van der Waals surface area contributed by atoms with Gasteiger partial charge in [0.2, 0.25) is 6.29 Å². The predicted molar refractivity (Wildman–Crippen MR) is 106 cm³/mol. The number of hydrogen-bond donors (Lipinski definition) is 8. The van der Waals surface area contributed by atoms with E-state index in [0.717, 1.165) is 0 Å². The summed E-state index contributed by atoms with van der Waals surface area (Å²) in [6.07, 6.45) is -15.2. The predicted octanol–water partition coefficient (Wildman–Crippen LogP) is -3.81. The lowest BCUT2D eigenvalue weighted by atomic mass is 9.98. The van der Waals surface area contributed by atoms with Gasteiger partial charge < -0.3 is 64.5 Å². The summed E-state index contributed by atoms with van der Waals surface area (Å²) in [5.74, 6) is 0.364. The minimum absolute atomic E-state index is 0.135. The van der Waals surface area contributed by atoms with Crippen molar-refractivity contribution in [3.63, 3.8) is 0 Å². The number of aliphatic hydroxyl groups is 8. The van der Waals surface area contributed by atoms with Crippen LogP contribution in [0.2, 0.25) is 0 Å². The van der Waals surface area contributed by atoms with Crippen LogP contribution in [0.4, 0.5) is 0 Å². The van der Waals surface area contributed by atoms with E-state index in [0.29, 0.717) is 5.56 Å². The van der Waals surface area contributed by atoms with Crippen molar-refractivity contribution in [3.05, 3.63) is 23.8 Å². The van der Waals surface area contributed by atoms with E-state index in [9.17, 15) is 40.9 Å². The average Bonchev–Trinajstić information content (AvgIpc) is 2.83. The van der Waals surface area contributed by atoms with Gasteiger partial charge in [-0.1, -0.05) is 6.07 Å². The molecule has 2 heterocycles. The van der Waals surface area contributed by atoms with Crippen LogP contribution in [0.1, 0.15) is 5.56 Å². The summed E-state index contributed by atoms with van der Waals surface area (Å²) in [6.45, 7) is -1.36. The Morgan fingerprint density at radius 1 is 0.758 bits per heavy atom. The Bertz CT molecular complexity index is 761. The van der Waals surface area contributed by atoms with E-state index in [1.165, 1.54) is 19.2 Å². The summed E-state index contributed by atoms with van der Waals surface area (Å²) in [5.41, 5.74) is 0.547. The van der Waals surface area contributed by atoms with Crippen molar-refractivity contribution in [2.75, 3.05) is 20.3 Å². The van der Waals surface area contributed by atoms with Crippen LogP contribution in [0.5, 0.6) is 11.5 Å². The van der Waals surface area contributed by atoms with Gasteiger partial charge in [0.25, 0.3) is 0 Å². The van der Waals surface area contributed by atoms with Crippen LogP contribution in [0.15, 0.2) is 18.2 Å². The van der Waals surface area contributed by atoms with E-state index in [1.807, 2.05) is 0 Å². The Morgan fingerprint density at radius 3 is 1.97 bits per heavy atom. The molecule has 0 radical (unpaired) electrons. The monoisotopic (exact) mass is 478 g/mol. The number of rotatable bonds is 8. The zero-order valence-electron chi connectivity index (χ0n) is 17.7. The highest BCUT2D eigenvalue weighted by molar-refractivity contribution is 5.43. The molecule has 1 aromatic carbocycles. The fourth-order valence-corrected chi connectivity index (χ4v) is 3.58. The largest absolute Gasteiger partial charge is 0.493 e. The Labute approximate surface area is 188 Å². The number of hydrogen-bond acceptors (Lipinski definition) is 13. The third-order valence-corrected chi connectivity index (χ3v) is 5.60. The van der Waals surface area contributed by atoms with E-state index in [4.69, 9.17) is 23.7 Å². The highest BCUT2D eigenvalue weighted by atomic mass is 16.7. The van der Waals surface area contributed by atoms with Gasteiger partial charge in [0.05, 0.1) is 26.9 Å². The van der Waals surface area contributed by atoms with E-state index >= 15 is 0 Å². The van der Waals surface area contributed by atoms with Gasteiger partial charge >= 0.3 is 0 Å². The van der Waals surface area contributed by atoms with E-state index in [-0.39, 0.29) is 18.1 Å². The molecule has 2 aliphatic heterocycles. The molecule has 33 heavy (non-hydrogen) atoms. The molecule has 0 aliphatic carbocycles. The first-order chi connectivity index (χ1) is 15.7. The Hall–Kier alpha value is -1.62. The van der Waals surface area contributed by atoms with Crippen LogP contribution in [0, 0.1) is 0 Å². The SMILES string of the molecule is COc1cc(CO)ccc1OC1OC(COC2OC(CO)C(O)C(O)C2O)C(O)C(O)C1O. The van der Waals surface area contributed by atoms with Crippen molar-refractivity contribution in [1.82, 2.24) is 0 Å². The topological polar surface area (TPSA) is 208 Å². The van der Waals surface area contributed by atoms with Crippen LogP contribution >= 0.6 is 0 Å². The number of aliphatic hydroxyl groups excluding tert-OH is 8. The molecule has 10 atom stereocenters. The van der Waals surface area contributed by atoms with E-state index in [1.54, 1.807) is 6.07 Å². The number of benzene rings is 1. The molecule has 2 aliphatic rings. The van der Waals surface area contributed by atoms with Crippen LogP contribution in [-0.2, 0) is 20.8 Å². The van der Waals surface area contributed by atoms with Crippen LogP contribution < -0.4 is 9.47 Å². The van der Waals surface area contributed by atoms with Gasteiger partial charge in [0.1, 0.15) is 48.8 Å². The summed E-state index contributed by atoms with van der Waals surface area (Å²) in [4.78, 5) is 0. The molecule has 3 rings (SSSR count). The summed E-state index contributed by atoms with van der Waals surface area (Å²) >= 11 is 0. The lowest BCUT2D eigenvalue weighted by Crippen LogP contribution is -2.62. The van der Waals surface area contributed by atoms with E-state index in [2.05, 4.69) is 0 Å². The standard InChI is InChI=1S/C20H30O13/c1-29-10-4-8(5-21)2-3-9(10)31-20-18(28)16(26)14(24)12(33-20)7-30-19-17(27)15(25)13(23)11(6-22)32-19/h2-4,11-28H,5-7H2,1H3. The fourth-order valence-electron chi connectivity index (χ4n) is 3.58. The van der Waals surface area contributed by atoms with Gasteiger partial charge in [-0.25, -0.2) is 0 Å². The Kier molecular flexibility index (Phi) is 8.82. The maximum Gasteiger partial charge on any atom is 0.229 e. The number of ether oxygens (including phenoxy) is 5. The zero-order valence-corrected chi connectivity index (χ0v) is 17.7. The molecule has 188 valence electrons. The van der Waals surface area contributed by atoms with Crippen molar-refractivity contribution in [1.29, 1.82) is 0 Å². The van der Waals surface area contributed by atoms with Crippen LogP contribution in [-0.4, -0.2) is 123 Å². The lowest BCUT2D eigenvalue weighted by Gasteiger charge is -2.42. The Balaban J connectivity index is 1.68. The normalized spacial score (nSPS) is 39.3. The highest BCUT2D eigenvalue weighted by Crippen LogP contribution is 2.32. The molecule has 0 aromatic heterocycles. The summed E-state index contributed by atoms with van der Waals surface area (Å²) in [5, 5.41) is 79.1. The van der Waals surface area contributed by atoms with Gasteiger partial charge in [0.15, 0.2) is 17.8 Å². The molecule has 2 fully saturated rings. The first kappa shape index (κ1) is 26.0. The lowest BCUT2D eigenvalue weighted by molar-refractivity contribution is -0.323. The second-order valence-electron chi connectivity index (χ2n) is 7.81. The first-order valence-corrected chi connectivity index (χ1v) is 10.3. The van der Waals surface area contributed by atoms with Crippen molar-refractivity contribution in [2.24, 2.45) is 0 Å². The molecule has 8 N–H and O–H groups in total. The molecule has 0 bridgehead atoms. The van der Waals surface area contributed by atoms with Crippen molar-refractivity contribution < 1.29 is 64.5 Å². The quantitative estimate of drug-likeness (QED) is 0.180. The van der Waals surface area contributed by atoms with Gasteiger partial charge in [-0.3, -0.25) is 0 Å². The fraction of sp³-hybridized carbons (Fsp3) is 0.700. The highest BCUT2D eigenvalue weighted by Gasteiger charge is 2.48. The summed E-state index contributed by atoms with van der Waals surface area (Å²) in [6, 6.07) is 4.53. The molecule has 0 spiro atoms. The first-order valence-electron chi connectivity index (χ1n) is 10.3. The molecule has 0 amide bonds. The van der Waals surface area contributed by atoms with Crippen molar-refractivity contribution >= 4 is 0 Å². The third kappa shape index (κ3) is 5.55. The van der Waals surface area contributed by atoms with Gasteiger partial charge in [-0.15, -0.1) is 0 Å². The second-order valence-corrected chi connectivity index (χ2v) is 7.81. The van der Waals surface area contributed by atoms with Gasteiger partial charge in [-0.05, 0) is 17.7 Å². The van der Waals surface area contributed by atoms with Crippen molar-refractivity contribution in [2.45, 2.75) is 68.0 Å². The zero-order chi connectivity index (χ0) is 24.3. The van der Waals surface area contributed by atoms with Gasteiger partial charge in [0, 0.05) is 0 Å². The van der Waals surface area contributed by atoms with Crippen LogP contribution in [0.25, 0.3) is 0 Å². The smallest absolute Gasteiger partial charge is 0.229 e. The molecule has 13 nitrogen and oxygen atoms in total. The van der Waals surface area contributed by atoms with Gasteiger partial charge in [-0.2, -0.15) is 0 Å². The molecular weight excluding hydrogens is 448 g/mol. The molecule has 13 heteroatoms.